The summed E-state index contributed by atoms with van der Waals surface area (Å²) in [7, 11) is 0. The molecule has 0 unspecified atom stereocenters. The third kappa shape index (κ3) is 4.98. The van der Waals surface area contributed by atoms with Crippen molar-refractivity contribution in [3.05, 3.63) is 75.1 Å². The Labute approximate surface area is 198 Å². The minimum atomic E-state index is -1.08. The van der Waals surface area contributed by atoms with E-state index >= 15 is 0 Å². The smallest absolute Gasteiger partial charge is 0.408 e. The topological polar surface area (TPSA) is 94.8 Å². The quantitative estimate of drug-likeness (QED) is 0.327. The fraction of sp³-hybridized carbons (Fsp3) is 0.370. The van der Waals surface area contributed by atoms with Crippen molar-refractivity contribution in [1.29, 1.82) is 0 Å². The molecule has 1 aliphatic rings. The number of hydrogen-bond donors (Lipinski definition) is 1. The lowest BCUT2D eigenvalue weighted by atomic mass is 9.90. The summed E-state index contributed by atoms with van der Waals surface area (Å²) >= 11 is 0. The van der Waals surface area contributed by atoms with Crippen LogP contribution < -0.4 is 15.7 Å². The van der Waals surface area contributed by atoms with E-state index in [1.807, 2.05) is 12.1 Å². The minimum Gasteiger partial charge on any atom is -0.444 e. The Morgan fingerprint density at radius 2 is 1.68 bits per heavy atom. The van der Waals surface area contributed by atoms with Crippen molar-refractivity contribution in [2.24, 2.45) is 0 Å². The van der Waals surface area contributed by atoms with Gasteiger partial charge in [0.15, 0.2) is 6.04 Å². The molecule has 4 rings (SSSR count). The van der Waals surface area contributed by atoms with Crippen LogP contribution in [0.5, 0.6) is 5.75 Å². The predicted octanol–water partition coefficient (Wildman–Crippen LogP) is 5.15. The first-order valence-corrected chi connectivity index (χ1v) is 11.5. The molecule has 178 valence electrons. The van der Waals surface area contributed by atoms with Crippen LogP contribution in [0.2, 0.25) is 0 Å². The second kappa shape index (κ2) is 9.33. The molecular formula is C27H29NO6. The Morgan fingerprint density at radius 3 is 2.35 bits per heavy atom. The van der Waals surface area contributed by atoms with Crippen LogP contribution in [0.1, 0.15) is 61.9 Å². The zero-order valence-electron chi connectivity index (χ0n) is 19.9. The lowest BCUT2D eigenvalue weighted by molar-refractivity contribution is -0.137. The molecule has 7 nitrogen and oxygen atoms in total. The van der Waals surface area contributed by atoms with Crippen molar-refractivity contribution in [3.8, 4) is 5.75 Å². The maximum atomic E-state index is 13.2. The molecule has 0 saturated heterocycles. The molecule has 0 bridgehead atoms. The number of esters is 1. The van der Waals surface area contributed by atoms with E-state index in [0.717, 1.165) is 42.2 Å². The average molecular weight is 464 g/mol. The molecule has 0 aliphatic heterocycles. The highest BCUT2D eigenvalue weighted by molar-refractivity contribution is 5.89. The summed E-state index contributed by atoms with van der Waals surface area (Å²) in [6.45, 7) is 6.98. The van der Waals surface area contributed by atoms with E-state index < -0.39 is 23.7 Å². The first-order valence-electron chi connectivity index (χ1n) is 11.5. The molecule has 1 aromatic heterocycles. The van der Waals surface area contributed by atoms with Gasteiger partial charge in [-0.3, -0.25) is 0 Å². The lowest BCUT2D eigenvalue weighted by Crippen LogP contribution is -2.39. The Morgan fingerprint density at radius 1 is 1.00 bits per heavy atom. The second-order valence-electron chi connectivity index (χ2n) is 9.53. The number of alkyl carbamates (subject to hydrolysis) is 1. The Bertz CT molecular complexity index is 1290. The summed E-state index contributed by atoms with van der Waals surface area (Å²) in [4.78, 5) is 38.2. The largest absolute Gasteiger partial charge is 0.444 e. The molecule has 0 fully saturated rings. The highest BCUT2D eigenvalue weighted by Gasteiger charge is 2.28. The van der Waals surface area contributed by atoms with Crippen LogP contribution in [-0.2, 0) is 22.4 Å². The molecule has 1 heterocycles. The zero-order valence-corrected chi connectivity index (χ0v) is 19.9. The first kappa shape index (κ1) is 23.5. The summed E-state index contributed by atoms with van der Waals surface area (Å²) in [5.41, 5.74) is 2.24. The van der Waals surface area contributed by atoms with Gasteiger partial charge in [-0.05, 0) is 76.6 Å². The fourth-order valence-electron chi connectivity index (χ4n) is 4.25. The second-order valence-corrected chi connectivity index (χ2v) is 9.53. The maximum absolute atomic E-state index is 13.2. The lowest BCUT2D eigenvalue weighted by Gasteiger charge is -2.23. The van der Waals surface area contributed by atoms with Gasteiger partial charge in [-0.2, -0.15) is 0 Å². The number of carbonyl (C=O) groups is 2. The molecule has 3 aromatic rings. The van der Waals surface area contributed by atoms with E-state index in [-0.39, 0.29) is 11.4 Å². The van der Waals surface area contributed by atoms with Gasteiger partial charge < -0.3 is 19.2 Å². The van der Waals surface area contributed by atoms with Gasteiger partial charge in [-0.15, -0.1) is 0 Å². The van der Waals surface area contributed by atoms with Crippen molar-refractivity contribution in [2.45, 2.75) is 65.0 Å². The summed E-state index contributed by atoms with van der Waals surface area (Å²) < 4.78 is 16.7. The molecule has 7 heteroatoms. The van der Waals surface area contributed by atoms with Gasteiger partial charge in [0.1, 0.15) is 16.9 Å². The summed E-state index contributed by atoms with van der Waals surface area (Å²) in [5.74, 6) is -0.414. The standard InChI is InChI=1S/C27H29NO6/c1-16-21(15-14-19-18-12-8-9-13-20(18)24(29)33-23(16)19)32-25(30)22(17-10-6-5-7-11-17)28-26(31)34-27(2,3)4/h5-7,10-11,14-15,22H,8-9,12-13H2,1-4H3,(H,28,31)/t22-/m0/s1. The predicted molar refractivity (Wildman–Crippen MR) is 128 cm³/mol. The highest BCUT2D eigenvalue weighted by Crippen LogP contribution is 2.33. The van der Waals surface area contributed by atoms with E-state index in [9.17, 15) is 14.4 Å². The summed E-state index contributed by atoms with van der Waals surface area (Å²) in [5, 5.41) is 3.48. The highest BCUT2D eigenvalue weighted by atomic mass is 16.6. The number of nitrogens with one attached hydrogen (secondary N) is 1. The fourth-order valence-corrected chi connectivity index (χ4v) is 4.25. The van der Waals surface area contributed by atoms with Crippen molar-refractivity contribution >= 4 is 23.0 Å². The molecule has 1 N–H and O–H groups in total. The number of benzene rings is 2. The monoisotopic (exact) mass is 463 g/mol. The van der Waals surface area contributed by atoms with Gasteiger partial charge in [-0.1, -0.05) is 30.3 Å². The van der Waals surface area contributed by atoms with Gasteiger partial charge in [0, 0.05) is 16.5 Å². The van der Waals surface area contributed by atoms with Crippen LogP contribution in [-0.4, -0.2) is 17.7 Å². The van der Waals surface area contributed by atoms with Crippen molar-refractivity contribution < 1.29 is 23.5 Å². The third-order valence-corrected chi connectivity index (χ3v) is 5.83. The third-order valence-electron chi connectivity index (χ3n) is 5.83. The van der Waals surface area contributed by atoms with Crippen LogP contribution in [0.15, 0.2) is 51.7 Å². The van der Waals surface area contributed by atoms with Crippen LogP contribution in [0, 0.1) is 6.92 Å². The number of rotatable bonds is 4. The van der Waals surface area contributed by atoms with E-state index in [1.54, 1.807) is 58.0 Å². The number of ether oxygens (including phenoxy) is 2. The van der Waals surface area contributed by atoms with Crippen LogP contribution in [0.25, 0.3) is 11.0 Å². The zero-order chi connectivity index (χ0) is 24.5. The first-order chi connectivity index (χ1) is 16.1. The van der Waals surface area contributed by atoms with Gasteiger partial charge in [0.25, 0.3) is 0 Å². The molecule has 2 aromatic carbocycles. The number of aryl methyl sites for hydroxylation is 2. The number of carbonyl (C=O) groups excluding carboxylic acids is 2. The van der Waals surface area contributed by atoms with Crippen molar-refractivity contribution in [3.63, 3.8) is 0 Å². The van der Waals surface area contributed by atoms with Gasteiger partial charge >= 0.3 is 17.7 Å². The summed E-state index contributed by atoms with van der Waals surface area (Å²) in [6.07, 6.45) is 2.82. The van der Waals surface area contributed by atoms with E-state index in [2.05, 4.69) is 5.32 Å². The van der Waals surface area contributed by atoms with E-state index in [1.165, 1.54) is 0 Å². The van der Waals surface area contributed by atoms with Crippen LogP contribution in [0.4, 0.5) is 4.79 Å². The van der Waals surface area contributed by atoms with Gasteiger partial charge in [-0.25, -0.2) is 14.4 Å². The SMILES string of the molecule is Cc1c(OC(=O)[C@@H](NC(=O)OC(C)(C)C)c2ccccc2)ccc2c3c(c(=O)oc12)CCCC3. The number of fused-ring (bicyclic) bond motifs is 3. The Balaban J connectivity index is 1.66. The van der Waals surface area contributed by atoms with Crippen LogP contribution >= 0.6 is 0 Å². The van der Waals surface area contributed by atoms with Crippen molar-refractivity contribution in [2.75, 3.05) is 0 Å². The average Bonchev–Trinajstić information content (AvgIpc) is 2.79. The minimum absolute atomic E-state index is 0.267. The molecule has 1 aliphatic carbocycles. The Hall–Kier alpha value is -3.61. The van der Waals surface area contributed by atoms with Gasteiger partial charge in [0.2, 0.25) is 0 Å². The number of hydrogen-bond acceptors (Lipinski definition) is 6. The van der Waals surface area contributed by atoms with Crippen molar-refractivity contribution in [1.82, 2.24) is 5.32 Å². The Kier molecular flexibility index (Phi) is 6.46. The molecule has 34 heavy (non-hydrogen) atoms. The van der Waals surface area contributed by atoms with Crippen LogP contribution in [0.3, 0.4) is 0 Å². The van der Waals surface area contributed by atoms with E-state index in [0.29, 0.717) is 16.7 Å². The molecule has 1 atom stereocenters. The molecule has 0 spiro atoms. The molecular weight excluding hydrogens is 434 g/mol. The van der Waals surface area contributed by atoms with Gasteiger partial charge in [0.05, 0.1) is 0 Å². The molecule has 1 amide bonds. The van der Waals surface area contributed by atoms with E-state index in [4.69, 9.17) is 13.9 Å². The number of amides is 1. The summed E-state index contributed by atoms with van der Waals surface area (Å²) in [6, 6.07) is 11.3. The molecule has 0 radical (unpaired) electrons. The maximum Gasteiger partial charge on any atom is 0.408 e. The normalized spacial score (nSPS) is 14.2. The molecule has 0 saturated carbocycles.